The second-order valence-electron chi connectivity index (χ2n) is 10.6. The maximum absolute atomic E-state index is 13.4. The summed E-state index contributed by atoms with van der Waals surface area (Å²) in [6, 6.07) is 35.0. The summed E-state index contributed by atoms with van der Waals surface area (Å²) in [5.41, 5.74) is 3.65. The van der Waals surface area contributed by atoms with Crippen molar-refractivity contribution in [3.8, 4) is 11.5 Å². The highest BCUT2D eigenvalue weighted by Gasteiger charge is 2.31. The lowest BCUT2D eigenvalue weighted by molar-refractivity contribution is 0.0557. The first-order valence-electron chi connectivity index (χ1n) is 14.5. The van der Waals surface area contributed by atoms with Crippen molar-refractivity contribution in [1.82, 2.24) is 9.80 Å². The summed E-state index contributed by atoms with van der Waals surface area (Å²) in [4.78, 5) is 31.5. The maximum atomic E-state index is 13.4. The number of hydrogen-bond donors (Lipinski definition) is 0. The van der Waals surface area contributed by atoms with E-state index >= 15 is 0 Å². The molecule has 1 heterocycles. The Labute approximate surface area is 248 Å². The van der Waals surface area contributed by atoms with E-state index in [9.17, 15) is 9.59 Å². The van der Waals surface area contributed by atoms with Crippen molar-refractivity contribution in [2.45, 2.75) is 24.9 Å². The number of rotatable bonds is 12. The highest BCUT2D eigenvalue weighted by molar-refractivity contribution is 5.97. The zero-order valence-corrected chi connectivity index (χ0v) is 24.3. The Hall–Kier alpha value is -4.26. The molecule has 0 radical (unpaired) electrons. The summed E-state index contributed by atoms with van der Waals surface area (Å²) in [6.45, 7) is 3.13. The van der Waals surface area contributed by atoms with E-state index in [1.807, 2.05) is 84.9 Å². The monoisotopic (exact) mass is 562 g/mol. The number of hydrogen-bond acceptors (Lipinski definition) is 6. The number of benzene rings is 4. The van der Waals surface area contributed by atoms with Crippen LogP contribution in [0.25, 0.3) is 0 Å². The number of carbonyl (C=O) groups excluding carboxylic acids is 2. The van der Waals surface area contributed by atoms with Gasteiger partial charge in [-0.15, -0.1) is 0 Å². The zero-order chi connectivity index (χ0) is 29.3. The van der Waals surface area contributed by atoms with Crippen LogP contribution in [0.3, 0.4) is 0 Å². The molecular weight excluding hydrogens is 524 g/mol. The second-order valence-corrected chi connectivity index (χ2v) is 10.6. The molecule has 1 saturated heterocycles. The molecule has 0 unspecified atom stereocenters. The average Bonchev–Trinajstić information content (AvgIpc) is 3.07. The molecule has 42 heavy (non-hydrogen) atoms. The third kappa shape index (κ3) is 7.14. The third-order valence-electron chi connectivity index (χ3n) is 8.18. The van der Waals surface area contributed by atoms with Crippen molar-refractivity contribution < 1.29 is 19.1 Å². The molecule has 4 aromatic rings. The Morgan fingerprint density at radius 2 is 0.881 bits per heavy atom. The third-order valence-corrected chi connectivity index (χ3v) is 8.18. The van der Waals surface area contributed by atoms with Crippen LogP contribution in [0.5, 0.6) is 11.5 Å². The minimum atomic E-state index is -0.0591. The lowest BCUT2D eigenvalue weighted by Gasteiger charge is -2.42. The van der Waals surface area contributed by atoms with Crippen molar-refractivity contribution in [2.24, 2.45) is 0 Å². The normalized spacial score (nSPS) is 15.5. The predicted octanol–water partition coefficient (Wildman–Crippen LogP) is 6.65. The van der Waals surface area contributed by atoms with E-state index in [2.05, 4.69) is 34.1 Å². The Balaban J connectivity index is 1.35. The first-order chi connectivity index (χ1) is 20.6. The quantitative estimate of drug-likeness (QED) is 0.180. The van der Waals surface area contributed by atoms with Crippen LogP contribution in [0.15, 0.2) is 109 Å². The molecule has 5 rings (SSSR count). The fraction of sp³-hybridized carbons (Fsp3) is 0.278. The van der Waals surface area contributed by atoms with Gasteiger partial charge in [0, 0.05) is 62.2 Å². The van der Waals surface area contributed by atoms with Gasteiger partial charge in [-0.2, -0.15) is 0 Å². The standard InChI is InChI=1S/C36H38N2O4/c1-41-31-17-13-27(14-18-31)33(25-35(39)29-9-5-3-6-10-29)37-21-23-38(24-22-37)34(28-15-19-32(42-2)20-16-28)26-36(40)30-11-7-4-8-12-30/h3-20,33-34H,21-26H2,1-2H3/t33-,34-/m1/s1. The number of ketones is 2. The summed E-state index contributed by atoms with van der Waals surface area (Å²) in [5.74, 6) is 1.84. The SMILES string of the molecule is COc1ccc([C@@H](CC(=O)c2ccccc2)N2CCN([C@H](CC(=O)c3ccccc3)c3ccc(OC)cc3)CC2)cc1. The van der Waals surface area contributed by atoms with E-state index in [4.69, 9.17) is 9.47 Å². The molecule has 4 aromatic carbocycles. The number of methoxy groups -OCH3 is 2. The Morgan fingerprint density at radius 3 is 1.19 bits per heavy atom. The van der Waals surface area contributed by atoms with E-state index in [0.29, 0.717) is 12.8 Å². The van der Waals surface area contributed by atoms with Crippen LogP contribution in [0.2, 0.25) is 0 Å². The van der Waals surface area contributed by atoms with Crippen molar-refractivity contribution in [1.29, 1.82) is 0 Å². The van der Waals surface area contributed by atoms with Crippen molar-refractivity contribution in [3.63, 3.8) is 0 Å². The van der Waals surface area contributed by atoms with Crippen LogP contribution in [-0.4, -0.2) is 61.8 Å². The van der Waals surface area contributed by atoms with Gasteiger partial charge in [-0.1, -0.05) is 84.9 Å². The van der Waals surface area contributed by atoms with Crippen LogP contribution in [0.4, 0.5) is 0 Å². The highest BCUT2D eigenvalue weighted by atomic mass is 16.5. The van der Waals surface area contributed by atoms with Gasteiger partial charge in [-0.25, -0.2) is 0 Å². The molecule has 0 aromatic heterocycles. The summed E-state index contributed by atoms with van der Waals surface area (Å²) < 4.78 is 10.8. The number of ether oxygens (including phenoxy) is 2. The number of carbonyl (C=O) groups is 2. The van der Waals surface area contributed by atoms with Gasteiger partial charge in [0.1, 0.15) is 11.5 Å². The molecule has 0 amide bonds. The summed E-state index contributed by atoms with van der Waals surface area (Å²) in [6.07, 6.45) is 0.787. The second kappa shape index (κ2) is 14.1. The number of nitrogens with zero attached hydrogens (tertiary/aromatic N) is 2. The summed E-state index contributed by atoms with van der Waals surface area (Å²) in [5, 5.41) is 0. The maximum Gasteiger partial charge on any atom is 0.164 e. The van der Waals surface area contributed by atoms with Crippen LogP contribution in [0.1, 0.15) is 56.8 Å². The molecule has 6 nitrogen and oxygen atoms in total. The summed E-state index contributed by atoms with van der Waals surface area (Å²) >= 11 is 0. The van der Waals surface area contributed by atoms with E-state index in [0.717, 1.165) is 59.9 Å². The molecule has 0 bridgehead atoms. The molecule has 1 aliphatic heterocycles. The van der Waals surface area contributed by atoms with E-state index in [1.54, 1.807) is 14.2 Å². The van der Waals surface area contributed by atoms with Crippen molar-refractivity contribution in [2.75, 3.05) is 40.4 Å². The fourth-order valence-electron chi connectivity index (χ4n) is 5.76. The molecular formula is C36H38N2O4. The van der Waals surface area contributed by atoms with Gasteiger partial charge in [0.25, 0.3) is 0 Å². The first-order valence-corrected chi connectivity index (χ1v) is 14.5. The molecule has 6 heteroatoms. The van der Waals surface area contributed by atoms with Crippen molar-refractivity contribution in [3.05, 3.63) is 131 Å². The Bertz CT molecular complexity index is 1320. The van der Waals surface area contributed by atoms with Gasteiger partial charge in [0.05, 0.1) is 14.2 Å². The van der Waals surface area contributed by atoms with Gasteiger partial charge in [-0.3, -0.25) is 19.4 Å². The lowest BCUT2D eigenvalue weighted by atomic mass is 9.94. The van der Waals surface area contributed by atoms with Crippen LogP contribution in [-0.2, 0) is 0 Å². The van der Waals surface area contributed by atoms with Crippen LogP contribution < -0.4 is 9.47 Å². The zero-order valence-electron chi connectivity index (χ0n) is 24.3. The van der Waals surface area contributed by atoms with Crippen LogP contribution >= 0.6 is 0 Å². The van der Waals surface area contributed by atoms with Gasteiger partial charge in [-0.05, 0) is 35.4 Å². The number of piperazine rings is 1. The smallest absolute Gasteiger partial charge is 0.164 e. The van der Waals surface area contributed by atoms with Crippen molar-refractivity contribution >= 4 is 11.6 Å². The number of Topliss-reactive ketones (excluding diaryl/α,β-unsaturated/α-hetero) is 2. The predicted molar refractivity (Wildman–Crippen MR) is 165 cm³/mol. The Morgan fingerprint density at radius 1 is 0.548 bits per heavy atom. The minimum absolute atomic E-state index is 0.0591. The van der Waals surface area contributed by atoms with Gasteiger partial charge in [0.15, 0.2) is 11.6 Å². The van der Waals surface area contributed by atoms with Gasteiger partial charge in [0.2, 0.25) is 0 Å². The average molecular weight is 563 g/mol. The minimum Gasteiger partial charge on any atom is -0.497 e. The Kier molecular flexibility index (Phi) is 9.80. The fourth-order valence-corrected chi connectivity index (χ4v) is 5.76. The molecule has 1 fully saturated rings. The molecule has 2 atom stereocenters. The molecule has 1 aliphatic rings. The molecule has 0 aliphatic carbocycles. The molecule has 216 valence electrons. The summed E-state index contributed by atoms with van der Waals surface area (Å²) in [7, 11) is 3.32. The first kappa shape index (κ1) is 29.2. The topological polar surface area (TPSA) is 59.1 Å². The van der Waals surface area contributed by atoms with Crippen LogP contribution in [0, 0.1) is 0 Å². The molecule has 0 saturated carbocycles. The van der Waals surface area contributed by atoms with E-state index < -0.39 is 0 Å². The van der Waals surface area contributed by atoms with E-state index in [1.165, 1.54) is 0 Å². The molecule has 0 spiro atoms. The highest BCUT2D eigenvalue weighted by Crippen LogP contribution is 2.33. The largest absolute Gasteiger partial charge is 0.497 e. The van der Waals surface area contributed by atoms with Gasteiger partial charge >= 0.3 is 0 Å². The van der Waals surface area contributed by atoms with E-state index in [-0.39, 0.29) is 23.7 Å². The molecule has 0 N–H and O–H groups in total. The lowest BCUT2D eigenvalue weighted by Crippen LogP contribution is -2.49. The van der Waals surface area contributed by atoms with Gasteiger partial charge < -0.3 is 9.47 Å².